The van der Waals surface area contributed by atoms with Crippen LogP contribution in [0.25, 0.3) is 0 Å². The van der Waals surface area contributed by atoms with E-state index >= 15 is 0 Å². The van der Waals surface area contributed by atoms with Crippen LogP contribution in [0.2, 0.25) is 0 Å². The van der Waals surface area contributed by atoms with Gasteiger partial charge in [0.25, 0.3) is 0 Å². The van der Waals surface area contributed by atoms with E-state index in [1.54, 1.807) is 0 Å². The Hall–Kier alpha value is -1.92. The molecule has 1 aromatic carbocycles. The van der Waals surface area contributed by atoms with Crippen molar-refractivity contribution in [2.75, 3.05) is 31.2 Å². The average molecular weight is 345 g/mol. The number of anilines is 1. The quantitative estimate of drug-likeness (QED) is 0.851. The van der Waals surface area contributed by atoms with Crippen LogP contribution in [0, 0.1) is 5.41 Å². The molecule has 2 saturated heterocycles. The highest BCUT2D eigenvalue weighted by molar-refractivity contribution is 5.95. The molecule has 6 nitrogen and oxygen atoms in total. The number of nitrogens with zero attached hydrogens (tertiary/aromatic N) is 1. The summed E-state index contributed by atoms with van der Waals surface area (Å²) in [6.45, 7) is 4.21. The maximum atomic E-state index is 12.8. The monoisotopic (exact) mass is 345 g/mol. The Balaban J connectivity index is 1.71. The van der Waals surface area contributed by atoms with Gasteiger partial charge in [-0.3, -0.25) is 9.59 Å². The summed E-state index contributed by atoms with van der Waals surface area (Å²) in [4.78, 5) is 26.6. The largest absolute Gasteiger partial charge is 0.381 e. The number of hydrogen-bond acceptors (Lipinski definition) is 4. The van der Waals surface area contributed by atoms with Gasteiger partial charge in [-0.1, -0.05) is 12.1 Å². The minimum atomic E-state index is -0.533. The highest BCUT2D eigenvalue weighted by Crippen LogP contribution is 2.31. The first-order chi connectivity index (χ1) is 12.1. The van der Waals surface area contributed by atoms with Crippen molar-refractivity contribution in [2.24, 2.45) is 11.1 Å². The molecular weight excluding hydrogens is 318 g/mol. The van der Waals surface area contributed by atoms with E-state index in [9.17, 15) is 9.59 Å². The van der Waals surface area contributed by atoms with E-state index in [2.05, 4.69) is 5.32 Å². The van der Waals surface area contributed by atoms with E-state index < -0.39 is 5.41 Å². The van der Waals surface area contributed by atoms with E-state index in [4.69, 9.17) is 10.5 Å². The van der Waals surface area contributed by atoms with Crippen molar-refractivity contribution in [3.8, 4) is 0 Å². The first kappa shape index (κ1) is 17.9. The van der Waals surface area contributed by atoms with Gasteiger partial charge in [-0.05, 0) is 43.9 Å². The Morgan fingerprint density at radius 1 is 1.40 bits per heavy atom. The third kappa shape index (κ3) is 3.70. The fourth-order valence-electron chi connectivity index (χ4n) is 3.60. The van der Waals surface area contributed by atoms with Crippen LogP contribution in [0.3, 0.4) is 0 Å². The zero-order valence-corrected chi connectivity index (χ0v) is 14.8. The number of carbonyl (C=O) groups is 2. The molecule has 0 saturated carbocycles. The van der Waals surface area contributed by atoms with Crippen LogP contribution in [0.15, 0.2) is 24.3 Å². The maximum Gasteiger partial charge on any atom is 0.228 e. The molecule has 2 heterocycles. The number of carbonyl (C=O) groups excluding carboxylic acids is 2. The molecule has 0 aromatic heterocycles. The van der Waals surface area contributed by atoms with Gasteiger partial charge in [-0.2, -0.15) is 0 Å². The van der Waals surface area contributed by atoms with Gasteiger partial charge in [-0.25, -0.2) is 0 Å². The van der Waals surface area contributed by atoms with Gasteiger partial charge in [0, 0.05) is 38.4 Å². The Labute approximate surface area is 148 Å². The normalized spacial score (nSPS) is 21.2. The molecule has 1 aromatic rings. The molecule has 25 heavy (non-hydrogen) atoms. The summed E-state index contributed by atoms with van der Waals surface area (Å²) >= 11 is 0. The minimum Gasteiger partial charge on any atom is -0.381 e. The van der Waals surface area contributed by atoms with Crippen molar-refractivity contribution in [1.82, 2.24) is 5.32 Å². The van der Waals surface area contributed by atoms with Gasteiger partial charge >= 0.3 is 0 Å². The lowest BCUT2D eigenvalue weighted by molar-refractivity contribution is -0.136. The summed E-state index contributed by atoms with van der Waals surface area (Å²) in [6.07, 6.45) is 2.82. The molecule has 2 aliphatic heterocycles. The van der Waals surface area contributed by atoms with E-state index in [1.807, 2.05) is 36.1 Å². The first-order valence-corrected chi connectivity index (χ1v) is 9.05. The molecule has 0 spiro atoms. The second-order valence-corrected chi connectivity index (χ2v) is 7.04. The van der Waals surface area contributed by atoms with Crippen LogP contribution in [0.1, 0.15) is 44.2 Å². The average Bonchev–Trinajstić information content (AvgIpc) is 3.08. The molecule has 0 bridgehead atoms. The van der Waals surface area contributed by atoms with Gasteiger partial charge < -0.3 is 20.7 Å². The maximum absolute atomic E-state index is 12.8. The van der Waals surface area contributed by atoms with Crippen molar-refractivity contribution in [2.45, 2.75) is 38.6 Å². The minimum absolute atomic E-state index is 0.00606. The lowest BCUT2D eigenvalue weighted by atomic mass is 9.79. The summed E-state index contributed by atoms with van der Waals surface area (Å²) < 4.78 is 5.38. The Morgan fingerprint density at radius 3 is 2.80 bits per heavy atom. The van der Waals surface area contributed by atoms with E-state index in [1.165, 1.54) is 0 Å². The second kappa shape index (κ2) is 7.54. The molecule has 6 heteroatoms. The van der Waals surface area contributed by atoms with E-state index in [-0.39, 0.29) is 17.9 Å². The lowest BCUT2D eigenvalue weighted by Crippen LogP contribution is -2.49. The number of ether oxygens (including phenoxy) is 1. The molecule has 2 fully saturated rings. The third-order valence-corrected chi connectivity index (χ3v) is 5.43. The van der Waals surface area contributed by atoms with Crippen LogP contribution >= 0.6 is 0 Å². The molecular formula is C19H27N3O3. The molecule has 3 rings (SSSR count). The van der Waals surface area contributed by atoms with Gasteiger partial charge in [0.2, 0.25) is 11.8 Å². The predicted octanol–water partition coefficient (Wildman–Crippen LogP) is 1.75. The summed E-state index contributed by atoms with van der Waals surface area (Å²) in [7, 11) is 0. The van der Waals surface area contributed by atoms with E-state index in [0.717, 1.165) is 24.2 Å². The van der Waals surface area contributed by atoms with Gasteiger partial charge in [0.05, 0.1) is 11.5 Å². The van der Waals surface area contributed by atoms with Crippen molar-refractivity contribution >= 4 is 17.5 Å². The fourth-order valence-corrected chi connectivity index (χ4v) is 3.60. The SMILES string of the molecule is CC(NC(=O)C1(CN)CCOCC1)c1cccc(N2CCCC2=O)c1. The third-order valence-electron chi connectivity index (χ3n) is 5.43. The highest BCUT2D eigenvalue weighted by atomic mass is 16.5. The van der Waals surface area contributed by atoms with Crippen LogP contribution in [-0.4, -0.2) is 38.1 Å². The van der Waals surface area contributed by atoms with Gasteiger partial charge in [0.15, 0.2) is 0 Å². The van der Waals surface area contributed by atoms with Crippen molar-refractivity contribution in [1.29, 1.82) is 0 Å². The topological polar surface area (TPSA) is 84.7 Å². The zero-order valence-electron chi connectivity index (χ0n) is 14.8. The highest BCUT2D eigenvalue weighted by Gasteiger charge is 2.39. The zero-order chi connectivity index (χ0) is 17.9. The van der Waals surface area contributed by atoms with E-state index in [0.29, 0.717) is 39.0 Å². The Kier molecular flexibility index (Phi) is 5.39. The van der Waals surface area contributed by atoms with Crippen LogP contribution in [-0.2, 0) is 14.3 Å². The standard InChI is InChI=1S/C19H27N3O3/c1-14(21-18(24)19(13-20)7-10-25-11-8-19)15-4-2-5-16(12-15)22-9-3-6-17(22)23/h2,4-5,12,14H,3,6-11,13,20H2,1H3,(H,21,24). The Bertz CT molecular complexity index is 641. The van der Waals surface area contributed by atoms with Crippen molar-refractivity contribution in [3.05, 3.63) is 29.8 Å². The molecule has 1 unspecified atom stereocenters. The molecule has 3 N–H and O–H groups in total. The summed E-state index contributed by atoms with van der Waals surface area (Å²) in [5.41, 5.74) is 7.28. The number of rotatable bonds is 5. The summed E-state index contributed by atoms with van der Waals surface area (Å²) in [5.74, 6) is 0.159. The molecule has 0 aliphatic carbocycles. The summed E-state index contributed by atoms with van der Waals surface area (Å²) in [5, 5.41) is 3.11. The first-order valence-electron chi connectivity index (χ1n) is 9.05. The smallest absolute Gasteiger partial charge is 0.228 e. The van der Waals surface area contributed by atoms with Gasteiger partial charge in [0.1, 0.15) is 0 Å². The second-order valence-electron chi connectivity index (χ2n) is 7.04. The molecule has 2 amide bonds. The molecule has 0 radical (unpaired) electrons. The lowest BCUT2D eigenvalue weighted by Gasteiger charge is -2.35. The molecule has 2 aliphatic rings. The number of benzene rings is 1. The molecule has 136 valence electrons. The Morgan fingerprint density at radius 2 is 2.16 bits per heavy atom. The number of nitrogens with two attached hydrogens (primary N) is 1. The predicted molar refractivity (Wildman–Crippen MR) is 96.1 cm³/mol. The number of nitrogens with one attached hydrogen (secondary N) is 1. The van der Waals surface area contributed by atoms with Crippen LogP contribution in [0.4, 0.5) is 5.69 Å². The summed E-state index contributed by atoms with van der Waals surface area (Å²) in [6, 6.07) is 7.71. The van der Waals surface area contributed by atoms with Crippen LogP contribution < -0.4 is 16.0 Å². The fraction of sp³-hybridized carbons (Fsp3) is 0.579. The van der Waals surface area contributed by atoms with Crippen molar-refractivity contribution in [3.63, 3.8) is 0 Å². The molecule has 1 atom stereocenters. The van der Waals surface area contributed by atoms with Crippen LogP contribution in [0.5, 0.6) is 0 Å². The van der Waals surface area contributed by atoms with Crippen molar-refractivity contribution < 1.29 is 14.3 Å². The van der Waals surface area contributed by atoms with Gasteiger partial charge in [-0.15, -0.1) is 0 Å². The number of hydrogen-bond donors (Lipinski definition) is 2. The number of amides is 2.